The number of rotatable bonds is 2. The van der Waals surface area contributed by atoms with Crippen molar-refractivity contribution in [3.8, 4) is 0 Å². The van der Waals surface area contributed by atoms with Crippen LogP contribution in [0.1, 0.15) is 34.5 Å². The van der Waals surface area contributed by atoms with Crippen LogP contribution in [0.2, 0.25) is 0 Å². The van der Waals surface area contributed by atoms with Gasteiger partial charge in [0.1, 0.15) is 6.54 Å². The van der Waals surface area contributed by atoms with E-state index in [9.17, 15) is 13.6 Å². The number of nitrogens with one attached hydrogen (secondary N) is 1. The van der Waals surface area contributed by atoms with Gasteiger partial charge in [-0.2, -0.15) is 0 Å². The van der Waals surface area contributed by atoms with Gasteiger partial charge in [0.05, 0.1) is 12.1 Å². The molecular weight excluding hydrogens is 266 g/mol. The van der Waals surface area contributed by atoms with E-state index in [1.165, 1.54) is 5.01 Å². The normalized spacial score (nSPS) is 20.8. The highest BCUT2D eigenvalue weighted by molar-refractivity contribution is 5.98. The number of carbonyl (C=O) groups excluding carboxylic acids is 1. The van der Waals surface area contributed by atoms with Gasteiger partial charge >= 0.3 is 0 Å². The summed E-state index contributed by atoms with van der Waals surface area (Å²) < 4.78 is 26.6. The topological polar surface area (TPSA) is 71.2 Å². The molecule has 3 N–H and O–H groups in total. The Morgan fingerprint density at radius 2 is 2.15 bits per heavy atom. The third kappa shape index (κ3) is 2.33. The number of alkyl halides is 2. The second-order valence-electron chi connectivity index (χ2n) is 5.31. The van der Waals surface area contributed by atoms with E-state index in [0.29, 0.717) is 0 Å². The Labute approximate surface area is 115 Å². The number of primary amides is 1. The minimum absolute atomic E-state index is 0.204. The van der Waals surface area contributed by atoms with Gasteiger partial charge in [-0.05, 0) is 37.3 Å². The monoisotopic (exact) mass is 282 g/mol. The first-order valence-corrected chi connectivity index (χ1v) is 6.68. The maximum Gasteiger partial charge on any atom is 0.280 e. The third-order valence-corrected chi connectivity index (χ3v) is 3.72. The van der Waals surface area contributed by atoms with Crippen LogP contribution in [-0.2, 0) is 12.8 Å². The lowest BCUT2D eigenvalue weighted by molar-refractivity contribution is 0.0375. The fourth-order valence-corrected chi connectivity index (χ4v) is 2.71. The second kappa shape index (κ2) is 4.66. The highest BCUT2D eigenvalue weighted by atomic mass is 19.3. The van der Waals surface area contributed by atoms with Gasteiger partial charge in [-0.3, -0.25) is 9.80 Å². The van der Waals surface area contributed by atoms with Crippen molar-refractivity contribution in [2.75, 3.05) is 18.1 Å². The molecule has 0 atom stereocenters. The lowest BCUT2D eigenvalue weighted by Gasteiger charge is -2.23. The number of anilines is 1. The standard InChI is InChI=1S/C13H16F2N4O/c14-13(15)6-17-19(7-13)12-9(11(16)20)5-8-3-1-2-4-10(8)18-12/h5,17H,1-4,6-7H2,(H2,16,20). The van der Waals surface area contributed by atoms with Gasteiger partial charge in [0.2, 0.25) is 0 Å². The summed E-state index contributed by atoms with van der Waals surface area (Å²) in [7, 11) is 0. The number of nitrogens with two attached hydrogens (primary N) is 1. The SMILES string of the molecule is NC(=O)c1cc2c(nc1N1CC(F)(F)CN1)CCCC2. The van der Waals surface area contributed by atoms with Crippen LogP contribution in [0.25, 0.3) is 0 Å². The quantitative estimate of drug-likeness (QED) is 0.849. The zero-order chi connectivity index (χ0) is 14.3. The van der Waals surface area contributed by atoms with E-state index in [1.807, 2.05) is 0 Å². The molecule has 108 valence electrons. The predicted molar refractivity (Wildman–Crippen MR) is 69.7 cm³/mol. The smallest absolute Gasteiger partial charge is 0.280 e. The molecule has 2 heterocycles. The van der Waals surface area contributed by atoms with Crippen LogP contribution < -0.4 is 16.2 Å². The summed E-state index contributed by atoms with van der Waals surface area (Å²) in [5.74, 6) is -3.25. The minimum Gasteiger partial charge on any atom is -0.365 e. The van der Waals surface area contributed by atoms with E-state index in [4.69, 9.17) is 5.73 Å². The van der Waals surface area contributed by atoms with Crippen molar-refractivity contribution in [1.29, 1.82) is 0 Å². The number of hydrogen-bond acceptors (Lipinski definition) is 4. The van der Waals surface area contributed by atoms with Gasteiger partial charge in [0.25, 0.3) is 11.8 Å². The Balaban J connectivity index is 2.02. The Bertz CT molecular complexity index is 562. The lowest BCUT2D eigenvalue weighted by Crippen LogP contribution is -2.34. The van der Waals surface area contributed by atoms with Crippen LogP contribution in [0.15, 0.2) is 6.07 Å². The number of amides is 1. The Hall–Kier alpha value is -1.76. The Morgan fingerprint density at radius 1 is 1.40 bits per heavy atom. The fourth-order valence-electron chi connectivity index (χ4n) is 2.71. The van der Waals surface area contributed by atoms with Crippen LogP contribution in [0.5, 0.6) is 0 Å². The summed E-state index contributed by atoms with van der Waals surface area (Å²) in [5.41, 5.74) is 10.0. The first-order valence-electron chi connectivity index (χ1n) is 6.68. The molecule has 20 heavy (non-hydrogen) atoms. The number of nitrogens with zero attached hydrogens (tertiary/aromatic N) is 2. The molecule has 1 fully saturated rings. The van der Waals surface area contributed by atoms with Crippen LogP contribution in [0.4, 0.5) is 14.6 Å². The van der Waals surface area contributed by atoms with Gasteiger partial charge in [0.15, 0.2) is 5.82 Å². The van der Waals surface area contributed by atoms with Gasteiger partial charge in [-0.15, -0.1) is 0 Å². The maximum atomic E-state index is 13.3. The fraction of sp³-hybridized carbons (Fsp3) is 0.538. The summed E-state index contributed by atoms with van der Waals surface area (Å²) in [4.78, 5) is 16.0. The zero-order valence-corrected chi connectivity index (χ0v) is 11.0. The largest absolute Gasteiger partial charge is 0.365 e. The van der Waals surface area contributed by atoms with Crippen LogP contribution in [0.3, 0.4) is 0 Å². The van der Waals surface area contributed by atoms with Gasteiger partial charge in [-0.1, -0.05) is 0 Å². The number of aromatic nitrogens is 1. The van der Waals surface area contributed by atoms with Crippen LogP contribution >= 0.6 is 0 Å². The van der Waals surface area contributed by atoms with Gasteiger partial charge in [-0.25, -0.2) is 19.2 Å². The summed E-state index contributed by atoms with van der Waals surface area (Å²) in [5, 5.41) is 1.23. The van der Waals surface area contributed by atoms with E-state index in [-0.39, 0.29) is 11.4 Å². The molecule has 0 spiro atoms. The third-order valence-electron chi connectivity index (χ3n) is 3.72. The summed E-state index contributed by atoms with van der Waals surface area (Å²) >= 11 is 0. The number of halogens is 2. The zero-order valence-electron chi connectivity index (χ0n) is 11.0. The number of hydrazine groups is 1. The van der Waals surface area contributed by atoms with Crippen molar-refractivity contribution in [3.63, 3.8) is 0 Å². The highest BCUT2D eigenvalue weighted by Crippen LogP contribution is 2.29. The van der Waals surface area contributed by atoms with E-state index < -0.39 is 24.9 Å². The van der Waals surface area contributed by atoms with Crippen molar-refractivity contribution in [1.82, 2.24) is 10.4 Å². The maximum absolute atomic E-state index is 13.3. The summed E-state index contributed by atoms with van der Waals surface area (Å²) in [6.45, 7) is -0.955. The summed E-state index contributed by atoms with van der Waals surface area (Å²) in [6.07, 6.45) is 3.74. The van der Waals surface area contributed by atoms with Crippen molar-refractivity contribution in [3.05, 3.63) is 22.9 Å². The molecule has 0 radical (unpaired) electrons. The molecule has 0 aromatic carbocycles. The number of fused-ring (bicyclic) bond motifs is 1. The molecule has 2 aliphatic rings. The van der Waals surface area contributed by atoms with Gasteiger partial charge < -0.3 is 5.73 Å². The number of carbonyl (C=O) groups is 1. The van der Waals surface area contributed by atoms with E-state index in [2.05, 4.69) is 10.4 Å². The molecule has 0 saturated carbocycles. The molecule has 3 rings (SSSR count). The van der Waals surface area contributed by atoms with Crippen molar-refractivity contribution < 1.29 is 13.6 Å². The average Bonchev–Trinajstić information content (AvgIpc) is 2.77. The first-order chi connectivity index (χ1) is 9.46. The van der Waals surface area contributed by atoms with E-state index >= 15 is 0 Å². The average molecular weight is 282 g/mol. The highest BCUT2D eigenvalue weighted by Gasteiger charge is 2.40. The van der Waals surface area contributed by atoms with Crippen LogP contribution in [0, 0.1) is 0 Å². The van der Waals surface area contributed by atoms with Crippen molar-refractivity contribution >= 4 is 11.7 Å². The molecule has 1 saturated heterocycles. The molecule has 1 aromatic heterocycles. The summed E-state index contributed by atoms with van der Waals surface area (Å²) in [6, 6.07) is 1.71. The van der Waals surface area contributed by atoms with Crippen LogP contribution in [-0.4, -0.2) is 29.9 Å². The molecule has 1 aliphatic carbocycles. The molecule has 1 aliphatic heterocycles. The van der Waals surface area contributed by atoms with E-state index in [1.54, 1.807) is 6.07 Å². The molecular formula is C13H16F2N4O. The lowest BCUT2D eigenvalue weighted by atomic mass is 9.94. The predicted octanol–water partition coefficient (Wildman–Crippen LogP) is 1.02. The molecule has 1 amide bonds. The first kappa shape index (κ1) is 13.2. The van der Waals surface area contributed by atoms with Gasteiger partial charge in [0, 0.05) is 5.69 Å². The number of aryl methyl sites for hydroxylation is 2. The molecule has 5 nitrogen and oxygen atoms in total. The molecule has 0 unspecified atom stereocenters. The Morgan fingerprint density at radius 3 is 2.80 bits per heavy atom. The van der Waals surface area contributed by atoms with Crippen molar-refractivity contribution in [2.24, 2.45) is 5.73 Å². The minimum atomic E-state index is -2.83. The molecule has 1 aromatic rings. The second-order valence-corrected chi connectivity index (χ2v) is 5.31. The van der Waals surface area contributed by atoms with E-state index in [0.717, 1.165) is 36.9 Å². The Kier molecular flexibility index (Phi) is 3.08. The number of pyridine rings is 1. The van der Waals surface area contributed by atoms with Crippen molar-refractivity contribution in [2.45, 2.75) is 31.6 Å². The molecule has 0 bridgehead atoms. The number of hydrogen-bond donors (Lipinski definition) is 2. The molecule has 7 heteroatoms.